The predicted molar refractivity (Wildman–Crippen MR) is 41.9 cm³/mol. The van der Waals surface area contributed by atoms with Gasteiger partial charge in [0.1, 0.15) is 0 Å². The van der Waals surface area contributed by atoms with E-state index in [0.717, 1.165) is 0 Å². The number of nitrogens with two attached hydrogens (primary N) is 1. The number of rotatable bonds is 2. The van der Waals surface area contributed by atoms with Crippen molar-refractivity contribution < 1.29 is 9.90 Å². The van der Waals surface area contributed by atoms with Crippen molar-refractivity contribution in [2.24, 2.45) is 11.7 Å². The minimum Gasteiger partial charge on any atom is -0.396 e. The molecule has 0 unspecified atom stereocenters. The zero-order valence-corrected chi connectivity index (χ0v) is 6.58. The standard InChI is InChI=1S/C8H13NO2/c1-5(11)7-2-6(4-10)3-8(7)9/h2,6,8,10H,3-4,9H2,1H3/t6-,8-/m1/s1. The van der Waals surface area contributed by atoms with Crippen molar-refractivity contribution >= 4 is 5.78 Å². The molecule has 1 aliphatic carbocycles. The van der Waals surface area contributed by atoms with Crippen molar-refractivity contribution in [1.82, 2.24) is 0 Å². The second kappa shape index (κ2) is 3.15. The molecule has 0 radical (unpaired) electrons. The molecule has 62 valence electrons. The summed E-state index contributed by atoms with van der Waals surface area (Å²) in [5.41, 5.74) is 6.32. The molecule has 11 heavy (non-hydrogen) atoms. The first-order valence-corrected chi connectivity index (χ1v) is 3.74. The van der Waals surface area contributed by atoms with Crippen LogP contribution in [-0.4, -0.2) is 23.5 Å². The highest BCUT2D eigenvalue weighted by Crippen LogP contribution is 2.23. The molecule has 1 rings (SSSR count). The topological polar surface area (TPSA) is 63.3 Å². The minimum absolute atomic E-state index is 0.0217. The Morgan fingerprint density at radius 3 is 2.82 bits per heavy atom. The molecule has 0 aromatic rings. The molecule has 0 aliphatic heterocycles. The molecular weight excluding hydrogens is 142 g/mol. The first-order valence-electron chi connectivity index (χ1n) is 3.74. The van der Waals surface area contributed by atoms with E-state index in [4.69, 9.17) is 10.8 Å². The summed E-state index contributed by atoms with van der Waals surface area (Å²) in [7, 11) is 0. The van der Waals surface area contributed by atoms with Crippen LogP contribution in [-0.2, 0) is 4.79 Å². The maximum absolute atomic E-state index is 10.9. The predicted octanol–water partition coefficient (Wildman–Crippen LogP) is -0.159. The summed E-state index contributed by atoms with van der Waals surface area (Å²) < 4.78 is 0. The van der Waals surface area contributed by atoms with Crippen LogP contribution in [0.2, 0.25) is 0 Å². The molecule has 0 saturated heterocycles. The van der Waals surface area contributed by atoms with Gasteiger partial charge in [-0.15, -0.1) is 0 Å². The van der Waals surface area contributed by atoms with Crippen molar-refractivity contribution in [2.45, 2.75) is 19.4 Å². The summed E-state index contributed by atoms with van der Waals surface area (Å²) in [5, 5.41) is 8.77. The van der Waals surface area contributed by atoms with Crippen molar-refractivity contribution in [1.29, 1.82) is 0 Å². The van der Waals surface area contributed by atoms with E-state index in [1.807, 2.05) is 0 Å². The largest absolute Gasteiger partial charge is 0.396 e. The molecule has 0 amide bonds. The quantitative estimate of drug-likeness (QED) is 0.582. The van der Waals surface area contributed by atoms with E-state index in [2.05, 4.69) is 0 Å². The number of ketones is 1. The minimum atomic E-state index is -0.162. The molecule has 0 heterocycles. The molecule has 1 aliphatic rings. The third-order valence-corrected chi connectivity index (χ3v) is 2.01. The van der Waals surface area contributed by atoms with E-state index in [9.17, 15) is 4.79 Å². The van der Waals surface area contributed by atoms with Crippen molar-refractivity contribution in [2.75, 3.05) is 6.61 Å². The lowest BCUT2D eigenvalue weighted by Crippen LogP contribution is -2.23. The van der Waals surface area contributed by atoms with Crippen LogP contribution >= 0.6 is 0 Å². The number of carbonyl (C=O) groups is 1. The van der Waals surface area contributed by atoms with Gasteiger partial charge in [-0.1, -0.05) is 6.08 Å². The van der Waals surface area contributed by atoms with E-state index < -0.39 is 0 Å². The van der Waals surface area contributed by atoms with E-state index in [-0.39, 0.29) is 24.3 Å². The Kier molecular flexibility index (Phi) is 2.42. The summed E-state index contributed by atoms with van der Waals surface area (Å²) in [6.07, 6.45) is 2.48. The highest BCUT2D eigenvalue weighted by Gasteiger charge is 2.24. The van der Waals surface area contributed by atoms with E-state index in [1.54, 1.807) is 6.08 Å². The van der Waals surface area contributed by atoms with Crippen molar-refractivity contribution in [3.8, 4) is 0 Å². The lowest BCUT2D eigenvalue weighted by Gasteiger charge is -2.05. The number of carbonyl (C=O) groups excluding carboxylic acids is 1. The van der Waals surface area contributed by atoms with Crippen LogP contribution in [0.3, 0.4) is 0 Å². The molecule has 0 bridgehead atoms. The summed E-state index contributed by atoms with van der Waals surface area (Å²) in [6.45, 7) is 1.59. The number of hydrogen-bond donors (Lipinski definition) is 2. The fourth-order valence-electron chi connectivity index (χ4n) is 1.40. The van der Waals surface area contributed by atoms with Gasteiger partial charge in [-0.3, -0.25) is 4.79 Å². The Hall–Kier alpha value is -0.670. The molecule has 0 spiro atoms. The lowest BCUT2D eigenvalue weighted by atomic mass is 10.1. The van der Waals surface area contributed by atoms with Gasteiger partial charge in [0, 0.05) is 24.1 Å². The average molecular weight is 155 g/mol. The van der Waals surface area contributed by atoms with E-state index in [0.29, 0.717) is 12.0 Å². The maximum atomic E-state index is 10.9. The Bertz CT molecular complexity index is 198. The molecule has 3 nitrogen and oxygen atoms in total. The highest BCUT2D eigenvalue weighted by molar-refractivity contribution is 5.95. The Balaban J connectivity index is 2.70. The van der Waals surface area contributed by atoms with Gasteiger partial charge < -0.3 is 10.8 Å². The fraction of sp³-hybridized carbons (Fsp3) is 0.625. The first kappa shape index (κ1) is 8.43. The molecule has 0 aromatic heterocycles. The van der Waals surface area contributed by atoms with E-state index in [1.165, 1.54) is 6.92 Å². The lowest BCUT2D eigenvalue weighted by molar-refractivity contribution is -0.113. The third-order valence-electron chi connectivity index (χ3n) is 2.01. The molecule has 0 aromatic carbocycles. The molecule has 2 atom stereocenters. The monoisotopic (exact) mass is 155 g/mol. The molecule has 3 N–H and O–H groups in total. The summed E-state index contributed by atoms with van der Waals surface area (Å²) in [4.78, 5) is 10.9. The number of aliphatic hydroxyl groups excluding tert-OH is 1. The van der Waals surface area contributed by atoms with Crippen LogP contribution in [0.5, 0.6) is 0 Å². The van der Waals surface area contributed by atoms with Crippen LogP contribution in [0, 0.1) is 5.92 Å². The Labute approximate surface area is 65.9 Å². The summed E-state index contributed by atoms with van der Waals surface area (Å²) in [6, 6.07) is -0.162. The number of aliphatic hydroxyl groups is 1. The van der Waals surface area contributed by atoms with Crippen LogP contribution in [0.25, 0.3) is 0 Å². The summed E-state index contributed by atoms with van der Waals surface area (Å²) >= 11 is 0. The van der Waals surface area contributed by atoms with Crippen molar-refractivity contribution in [3.63, 3.8) is 0 Å². The third kappa shape index (κ3) is 1.67. The second-order valence-corrected chi connectivity index (χ2v) is 2.96. The number of Topliss-reactive ketones (excluding diaryl/α,β-unsaturated/α-hetero) is 1. The zero-order valence-electron chi connectivity index (χ0n) is 6.58. The van der Waals surface area contributed by atoms with Gasteiger partial charge in [-0.2, -0.15) is 0 Å². The summed E-state index contributed by atoms with van der Waals surface area (Å²) in [5.74, 6) is 0.109. The first-order chi connectivity index (χ1) is 5.15. The zero-order chi connectivity index (χ0) is 8.43. The van der Waals surface area contributed by atoms with Gasteiger partial charge in [0.15, 0.2) is 5.78 Å². The maximum Gasteiger partial charge on any atom is 0.157 e. The smallest absolute Gasteiger partial charge is 0.157 e. The van der Waals surface area contributed by atoms with Crippen LogP contribution < -0.4 is 5.73 Å². The van der Waals surface area contributed by atoms with Gasteiger partial charge >= 0.3 is 0 Å². The second-order valence-electron chi connectivity index (χ2n) is 2.96. The van der Waals surface area contributed by atoms with Gasteiger partial charge in [-0.25, -0.2) is 0 Å². The highest BCUT2D eigenvalue weighted by atomic mass is 16.3. The van der Waals surface area contributed by atoms with Gasteiger partial charge in [-0.05, 0) is 13.3 Å². The van der Waals surface area contributed by atoms with Crippen LogP contribution in [0.1, 0.15) is 13.3 Å². The van der Waals surface area contributed by atoms with Gasteiger partial charge in [0.2, 0.25) is 0 Å². The molecule has 0 saturated carbocycles. The molecule has 3 heteroatoms. The molecule has 0 fully saturated rings. The normalized spacial score (nSPS) is 30.3. The van der Waals surface area contributed by atoms with Crippen LogP contribution in [0.15, 0.2) is 11.6 Å². The van der Waals surface area contributed by atoms with Crippen molar-refractivity contribution in [3.05, 3.63) is 11.6 Å². The fourth-order valence-corrected chi connectivity index (χ4v) is 1.40. The SMILES string of the molecule is CC(=O)C1=C[C@@H](CO)C[C@H]1N. The Morgan fingerprint density at radius 2 is 2.55 bits per heavy atom. The van der Waals surface area contributed by atoms with Gasteiger partial charge in [0.25, 0.3) is 0 Å². The van der Waals surface area contributed by atoms with E-state index >= 15 is 0 Å². The number of hydrogen-bond acceptors (Lipinski definition) is 3. The molecular formula is C8H13NO2. The Morgan fingerprint density at radius 1 is 1.91 bits per heavy atom. The van der Waals surface area contributed by atoms with Gasteiger partial charge in [0.05, 0.1) is 0 Å². The average Bonchev–Trinajstić information content (AvgIpc) is 2.30. The van der Waals surface area contributed by atoms with Crippen LogP contribution in [0.4, 0.5) is 0 Å².